The number of ketones is 1. The number of fused-ring (bicyclic) bond motifs is 2. The molecule has 2 aromatic rings. The molecule has 0 aliphatic carbocycles. The first-order chi connectivity index (χ1) is 10.2. The molecule has 0 radical (unpaired) electrons. The predicted octanol–water partition coefficient (Wildman–Crippen LogP) is 3.83. The van der Waals surface area contributed by atoms with Crippen LogP contribution in [0.3, 0.4) is 0 Å². The zero-order valence-corrected chi connectivity index (χ0v) is 12.5. The van der Waals surface area contributed by atoms with Gasteiger partial charge in [-0.2, -0.15) is 0 Å². The largest absolute Gasteiger partial charge is 0.460 e. The molecule has 2 aromatic carbocycles. The van der Waals surface area contributed by atoms with Crippen LogP contribution in [0, 0.1) is 0 Å². The van der Waals surface area contributed by atoms with Gasteiger partial charge in [0.1, 0.15) is 5.75 Å². The van der Waals surface area contributed by atoms with E-state index in [1.807, 2.05) is 42.5 Å². The first-order valence-electron chi connectivity index (χ1n) is 6.62. The third-order valence-electron chi connectivity index (χ3n) is 3.69. The van der Waals surface area contributed by atoms with Crippen molar-refractivity contribution >= 4 is 27.8 Å². The van der Waals surface area contributed by atoms with Gasteiger partial charge in [-0.3, -0.25) is 4.79 Å². The Balaban J connectivity index is 1.69. The molecule has 1 fully saturated rings. The van der Waals surface area contributed by atoms with Gasteiger partial charge in [0.2, 0.25) is 17.7 Å². The number of epoxide rings is 1. The fourth-order valence-electron chi connectivity index (χ4n) is 2.50. The summed E-state index contributed by atoms with van der Waals surface area (Å²) in [6, 6.07) is 15.2. The molecule has 0 spiro atoms. The van der Waals surface area contributed by atoms with Crippen molar-refractivity contribution in [1.29, 1.82) is 0 Å². The molecule has 104 valence electrons. The standard InChI is InChI=1S/C17H11BrO3/c18-12-6-7-14-13(10-12)15(19)17(16(20-14)21-17)9-8-11-4-2-1-3-5-11/h1-10,16H/b9-8+. The van der Waals surface area contributed by atoms with E-state index in [9.17, 15) is 4.79 Å². The second-order valence-corrected chi connectivity index (χ2v) is 5.99. The second kappa shape index (κ2) is 4.55. The molecule has 0 bridgehead atoms. The van der Waals surface area contributed by atoms with Crippen LogP contribution < -0.4 is 4.74 Å². The van der Waals surface area contributed by atoms with Crippen molar-refractivity contribution in [2.75, 3.05) is 0 Å². The van der Waals surface area contributed by atoms with Gasteiger partial charge in [0.25, 0.3) is 0 Å². The monoisotopic (exact) mass is 342 g/mol. The van der Waals surface area contributed by atoms with Gasteiger partial charge < -0.3 is 9.47 Å². The minimum absolute atomic E-state index is 0.0535. The van der Waals surface area contributed by atoms with E-state index in [0.717, 1.165) is 10.0 Å². The smallest absolute Gasteiger partial charge is 0.242 e. The molecule has 2 atom stereocenters. The van der Waals surface area contributed by atoms with Crippen LogP contribution in [0.1, 0.15) is 15.9 Å². The number of hydrogen-bond donors (Lipinski definition) is 0. The highest BCUT2D eigenvalue weighted by molar-refractivity contribution is 9.10. The van der Waals surface area contributed by atoms with Gasteiger partial charge in [0, 0.05) is 4.47 Å². The van der Waals surface area contributed by atoms with E-state index in [-0.39, 0.29) is 5.78 Å². The topological polar surface area (TPSA) is 38.8 Å². The highest BCUT2D eigenvalue weighted by atomic mass is 79.9. The lowest BCUT2D eigenvalue weighted by Gasteiger charge is -2.17. The minimum atomic E-state index is -0.969. The number of carbonyl (C=O) groups is 1. The van der Waals surface area contributed by atoms with Crippen LogP contribution in [0.15, 0.2) is 59.1 Å². The molecule has 0 aromatic heterocycles. The van der Waals surface area contributed by atoms with Gasteiger partial charge in [-0.25, -0.2) is 0 Å². The normalized spacial score (nSPS) is 26.1. The predicted molar refractivity (Wildman–Crippen MR) is 82.2 cm³/mol. The van der Waals surface area contributed by atoms with Crippen LogP contribution >= 0.6 is 15.9 Å². The summed E-state index contributed by atoms with van der Waals surface area (Å²) in [5, 5.41) is 0. The molecular weight excluding hydrogens is 332 g/mol. The molecule has 3 nitrogen and oxygen atoms in total. The first-order valence-corrected chi connectivity index (χ1v) is 7.41. The van der Waals surface area contributed by atoms with E-state index in [1.165, 1.54) is 0 Å². The minimum Gasteiger partial charge on any atom is -0.460 e. The third kappa shape index (κ3) is 2.03. The van der Waals surface area contributed by atoms with E-state index in [0.29, 0.717) is 11.3 Å². The van der Waals surface area contributed by atoms with Crippen molar-refractivity contribution in [2.24, 2.45) is 0 Å². The number of halogens is 1. The quantitative estimate of drug-likeness (QED) is 0.778. The van der Waals surface area contributed by atoms with E-state index in [2.05, 4.69) is 15.9 Å². The van der Waals surface area contributed by atoms with Crippen LogP contribution in [0.4, 0.5) is 0 Å². The van der Waals surface area contributed by atoms with E-state index in [4.69, 9.17) is 9.47 Å². The lowest BCUT2D eigenvalue weighted by atomic mass is 9.93. The molecule has 1 saturated heterocycles. The maximum Gasteiger partial charge on any atom is 0.242 e. The molecule has 4 heteroatoms. The highest BCUT2D eigenvalue weighted by Crippen LogP contribution is 2.48. The summed E-state index contributed by atoms with van der Waals surface area (Å²) in [4.78, 5) is 12.7. The van der Waals surface area contributed by atoms with Gasteiger partial charge in [-0.05, 0) is 29.8 Å². The van der Waals surface area contributed by atoms with Crippen LogP contribution in [0.5, 0.6) is 5.75 Å². The molecule has 2 aliphatic rings. The Morgan fingerprint density at radius 1 is 1.14 bits per heavy atom. The Bertz CT molecular complexity index is 754. The summed E-state index contributed by atoms with van der Waals surface area (Å²) in [5.41, 5.74) is 0.605. The van der Waals surface area contributed by atoms with Crippen molar-refractivity contribution in [3.05, 3.63) is 70.2 Å². The Hall–Kier alpha value is -1.91. The Morgan fingerprint density at radius 3 is 2.76 bits per heavy atom. The number of carbonyl (C=O) groups excluding carboxylic acids is 1. The number of rotatable bonds is 2. The van der Waals surface area contributed by atoms with Crippen LogP contribution in [-0.4, -0.2) is 17.7 Å². The summed E-state index contributed by atoms with van der Waals surface area (Å²) in [5.74, 6) is 0.525. The first kappa shape index (κ1) is 12.8. The average molecular weight is 343 g/mol. The lowest BCUT2D eigenvalue weighted by molar-refractivity contribution is 0.0902. The molecule has 21 heavy (non-hydrogen) atoms. The molecule has 0 N–H and O–H groups in total. The summed E-state index contributed by atoms with van der Waals surface area (Å²) < 4.78 is 12.1. The fourth-order valence-corrected chi connectivity index (χ4v) is 2.86. The van der Waals surface area contributed by atoms with Crippen LogP contribution in [-0.2, 0) is 4.74 Å². The van der Waals surface area contributed by atoms with Crippen LogP contribution in [0.2, 0.25) is 0 Å². The zero-order chi connectivity index (χ0) is 14.4. The number of Topliss-reactive ketones (excluding diaryl/α,β-unsaturated/α-hetero) is 1. The maximum absolute atomic E-state index is 12.7. The summed E-state index contributed by atoms with van der Waals surface area (Å²) in [6.07, 6.45) is 3.17. The van der Waals surface area contributed by atoms with Crippen molar-refractivity contribution in [1.82, 2.24) is 0 Å². The second-order valence-electron chi connectivity index (χ2n) is 5.07. The van der Waals surface area contributed by atoms with Crippen LogP contribution in [0.25, 0.3) is 6.08 Å². The van der Waals surface area contributed by atoms with Crippen molar-refractivity contribution in [3.63, 3.8) is 0 Å². The maximum atomic E-state index is 12.7. The van der Waals surface area contributed by atoms with Gasteiger partial charge in [0.05, 0.1) is 5.56 Å². The summed E-state index contributed by atoms with van der Waals surface area (Å²) in [7, 11) is 0. The van der Waals surface area contributed by atoms with Crippen molar-refractivity contribution < 1.29 is 14.3 Å². The SMILES string of the molecule is O=C1c2cc(Br)ccc2OC2OC12/C=C/c1ccccc1. The molecular formula is C17H11BrO3. The molecule has 2 heterocycles. The van der Waals surface area contributed by atoms with E-state index < -0.39 is 11.9 Å². The highest BCUT2D eigenvalue weighted by Gasteiger charge is 2.66. The third-order valence-corrected chi connectivity index (χ3v) is 4.19. The summed E-state index contributed by atoms with van der Waals surface area (Å²) in [6.45, 7) is 0. The molecule has 0 saturated carbocycles. The van der Waals surface area contributed by atoms with Crippen molar-refractivity contribution in [2.45, 2.75) is 11.9 Å². The van der Waals surface area contributed by atoms with Gasteiger partial charge in [0.15, 0.2) is 0 Å². The van der Waals surface area contributed by atoms with Gasteiger partial charge in [-0.1, -0.05) is 52.3 Å². The summed E-state index contributed by atoms with van der Waals surface area (Å²) >= 11 is 3.38. The Kier molecular flexibility index (Phi) is 2.77. The van der Waals surface area contributed by atoms with Crippen molar-refractivity contribution in [3.8, 4) is 5.75 Å². The lowest BCUT2D eigenvalue weighted by Crippen LogP contribution is -2.32. The van der Waals surface area contributed by atoms with E-state index >= 15 is 0 Å². The van der Waals surface area contributed by atoms with Gasteiger partial charge in [-0.15, -0.1) is 0 Å². The number of benzene rings is 2. The van der Waals surface area contributed by atoms with Gasteiger partial charge >= 0.3 is 0 Å². The number of hydrogen-bond acceptors (Lipinski definition) is 3. The van der Waals surface area contributed by atoms with E-state index in [1.54, 1.807) is 18.2 Å². The Labute approximate surface area is 130 Å². The number of ether oxygens (including phenoxy) is 2. The molecule has 4 rings (SSSR count). The zero-order valence-electron chi connectivity index (χ0n) is 11.0. The fraction of sp³-hybridized carbons (Fsp3) is 0.118. The molecule has 2 aliphatic heterocycles. The Morgan fingerprint density at radius 2 is 1.95 bits per heavy atom. The average Bonchev–Trinajstić information content (AvgIpc) is 3.22. The molecule has 2 unspecified atom stereocenters. The molecule has 0 amide bonds.